The van der Waals surface area contributed by atoms with Crippen molar-refractivity contribution in [3.8, 4) is 0 Å². The molecule has 3 nitrogen and oxygen atoms in total. The summed E-state index contributed by atoms with van der Waals surface area (Å²) in [4.78, 5) is 12.0. The molecule has 3 heteroatoms. The maximum absolute atomic E-state index is 12.0. The number of esters is 1. The van der Waals surface area contributed by atoms with Crippen LogP contribution in [-0.4, -0.2) is 17.7 Å². The maximum Gasteiger partial charge on any atom is 0.312 e. The number of ether oxygens (including phenoxy) is 1. The van der Waals surface area contributed by atoms with Crippen molar-refractivity contribution in [2.75, 3.05) is 6.61 Å². The van der Waals surface area contributed by atoms with Crippen molar-refractivity contribution in [1.29, 1.82) is 0 Å². The summed E-state index contributed by atoms with van der Waals surface area (Å²) in [5, 5.41) is 10.9. The third-order valence-corrected chi connectivity index (χ3v) is 3.82. The van der Waals surface area contributed by atoms with Crippen molar-refractivity contribution in [3.05, 3.63) is 35.4 Å². The molecule has 1 aliphatic rings. The average Bonchev–Trinajstić information content (AvgIpc) is 2.70. The van der Waals surface area contributed by atoms with Crippen LogP contribution in [-0.2, 0) is 21.6 Å². The molecule has 0 radical (unpaired) electrons. The molecule has 0 heterocycles. The first kappa shape index (κ1) is 13.1. The van der Waals surface area contributed by atoms with Gasteiger partial charge in [-0.2, -0.15) is 0 Å². The second-order valence-electron chi connectivity index (χ2n) is 4.79. The van der Waals surface area contributed by atoms with Gasteiger partial charge in [0.2, 0.25) is 0 Å². The summed E-state index contributed by atoms with van der Waals surface area (Å²) in [7, 11) is 0. The number of hydrogen-bond acceptors (Lipinski definition) is 3. The Morgan fingerprint density at radius 2 is 2.17 bits per heavy atom. The third-order valence-electron chi connectivity index (χ3n) is 3.82. The van der Waals surface area contributed by atoms with Crippen LogP contribution in [0.3, 0.4) is 0 Å². The number of hydrogen-bond donors (Lipinski definition) is 1. The predicted molar refractivity (Wildman–Crippen MR) is 69.1 cm³/mol. The highest BCUT2D eigenvalue weighted by molar-refractivity contribution is 5.74. The molecule has 1 aromatic rings. The Bertz CT molecular complexity index is 441. The van der Waals surface area contributed by atoms with Crippen LogP contribution in [0.1, 0.15) is 37.8 Å². The van der Waals surface area contributed by atoms with Crippen molar-refractivity contribution in [2.45, 2.75) is 38.7 Å². The molecule has 2 unspecified atom stereocenters. The normalized spacial score (nSPS) is 23.5. The van der Waals surface area contributed by atoms with Gasteiger partial charge in [-0.25, -0.2) is 0 Å². The number of aliphatic hydroxyl groups is 1. The van der Waals surface area contributed by atoms with E-state index in [1.807, 2.05) is 31.2 Å². The standard InChI is InChI=1S/C15H20O3/c1-3-12(14(16)18-4-2)15(17)10-9-11-7-5-6-8-13(11)15/h5-8,12,17H,3-4,9-10H2,1-2H3. The molecule has 1 aliphatic carbocycles. The zero-order chi connectivity index (χ0) is 13.2. The van der Waals surface area contributed by atoms with Gasteiger partial charge >= 0.3 is 5.97 Å². The van der Waals surface area contributed by atoms with Gasteiger partial charge in [-0.05, 0) is 37.3 Å². The highest BCUT2D eigenvalue weighted by Gasteiger charge is 2.46. The highest BCUT2D eigenvalue weighted by Crippen LogP contribution is 2.43. The van der Waals surface area contributed by atoms with E-state index in [9.17, 15) is 9.90 Å². The molecule has 2 atom stereocenters. The monoisotopic (exact) mass is 248 g/mol. The van der Waals surface area contributed by atoms with Gasteiger partial charge in [0, 0.05) is 0 Å². The van der Waals surface area contributed by atoms with Gasteiger partial charge in [-0.1, -0.05) is 31.2 Å². The highest BCUT2D eigenvalue weighted by atomic mass is 16.5. The van der Waals surface area contributed by atoms with Gasteiger partial charge in [0.15, 0.2) is 0 Å². The molecular formula is C15H20O3. The fourth-order valence-corrected chi connectivity index (χ4v) is 2.92. The van der Waals surface area contributed by atoms with E-state index in [-0.39, 0.29) is 5.97 Å². The van der Waals surface area contributed by atoms with Crippen LogP contribution in [0.15, 0.2) is 24.3 Å². The van der Waals surface area contributed by atoms with E-state index in [4.69, 9.17) is 4.74 Å². The van der Waals surface area contributed by atoms with Crippen LogP contribution in [0.25, 0.3) is 0 Å². The fraction of sp³-hybridized carbons (Fsp3) is 0.533. The summed E-state index contributed by atoms with van der Waals surface area (Å²) < 4.78 is 5.09. The SMILES string of the molecule is CCOC(=O)C(CC)C1(O)CCc2ccccc21. The first-order valence-corrected chi connectivity index (χ1v) is 6.60. The summed E-state index contributed by atoms with van der Waals surface area (Å²) in [6.45, 7) is 4.06. The van der Waals surface area contributed by atoms with Gasteiger partial charge in [0.25, 0.3) is 0 Å². The number of rotatable bonds is 4. The van der Waals surface area contributed by atoms with Crippen LogP contribution in [0.4, 0.5) is 0 Å². The Morgan fingerprint density at radius 1 is 1.44 bits per heavy atom. The second kappa shape index (κ2) is 5.11. The van der Waals surface area contributed by atoms with Crippen molar-refractivity contribution >= 4 is 5.97 Å². The van der Waals surface area contributed by atoms with Gasteiger partial charge in [0.1, 0.15) is 5.60 Å². The van der Waals surface area contributed by atoms with Crippen molar-refractivity contribution in [2.24, 2.45) is 5.92 Å². The molecule has 98 valence electrons. The lowest BCUT2D eigenvalue weighted by atomic mass is 9.81. The number of carbonyl (C=O) groups excluding carboxylic acids is 1. The molecule has 0 fully saturated rings. The predicted octanol–water partition coefficient (Wildman–Crippen LogP) is 2.41. The zero-order valence-corrected chi connectivity index (χ0v) is 11.0. The van der Waals surface area contributed by atoms with Gasteiger partial charge in [-0.3, -0.25) is 4.79 Å². The van der Waals surface area contributed by atoms with E-state index < -0.39 is 11.5 Å². The molecule has 2 rings (SSSR count). The molecule has 0 saturated carbocycles. The number of fused-ring (bicyclic) bond motifs is 1. The minimum Gasteiger partial charge on any atom is -0.466 e. The first-order valence-electron chi connectivity index (χ1n) is 6.60. The van der Waals surface area contributed by atoms with Gasteiger partial charge < -0.3 is 9.84 Å². The van der Waals surface area contributed by atoms with Crippen LogP contribution in [0, 0.1) is 5.92 Å². The molecule has 1 aromatic carbocycles. The van der Waals surface area contributed by atoms with E-state index in [0.29, 0.717) is 19.4 Å². The molecule has 0 aliphatic heterocycles. The summed E-state index contributed by atoms with van der Waals surface area (Å²) in [5.74, 6) is -0.764. The number of carbonyl (C=O) groups is 1. The number of benzene rings is 1. The molecule has 18 heavy (non-hydrogen) atoms. The second-order valence-corrected chi connectivity index (χ2v) is 4.79. The Kier molecular flexibility index (Phi) is 3.71. The van der Waals surface area contributed by atoms with Crippen molar-refractivity contribution in [1.82, 2.24) is 0 Å². The third kappa shape index (κ3) is 2.03. The quantitative estimate of drug-likeness (QED) is 0.832. The fourth-order valence-electron chi connectivity index (χ4n) is 2.92. The average molecular weight is 248 g/mol. The topological polar surface area (TPSA) is 46.5 Å². The summed E-state index contributed by atoms with van der Waals surface area (Å²) in [5.41, 5.74) is 0.977. The smallest absolute Gasteiger partial charge is 0.312 e. The molecule has 0 amide bonds. The van der Waals surface area contributed by atoms with E-state index in [1.165, 1.54) is 0 Å². The zero-order valence-electron chi connectivity index (χ0n) is 11.0. The minimum atomic E-state index is -1.06. The van der Waals surface area contributed by atoms with Crippen LogP contribution < -0.4 is 0 Å². The lowest BCUT2D eigenvalue weighted by Crippen LogP contribution is -2.38. The summed E-state index contributed by atoms with van der Waals surface area (Å²) >= 11 is 0. The Hall–Kier alpha value is -1.35. The van der Waals surface area contributed by atoms with E-state index >= 15 is 0 Å². The Balaban J connectivity index is 2.34. The van der Waals surface area contributed by atoms with Crippen molar-refractivity contribution < 1.29 is 14.6 Å². The van der Waals surface area contributed by atoms with Crippen LogP contribution in [0.2, 0.25) is 0 Å². The summed E-state index contributed by atoms with van der Waals surface area (Å²) in [6, 6.07) is 7.82. The lowest BCUT2D eigenvalue weighted by molar-refractivity contribution is -0.159. The van der Waals surface area contributed by atoms with E-state index in [2.05, 4.69) is 0 Å². The molecule has 0 spiro atoms. The lowest BCUT2D eigenvalue weighted by Gasteiger charge is -2.31. The molecule has 0 saturated heterocycles. The van der Waals surface area contributed by atoms with Gasteiger partial charge in [-0.15, -0.1) is 0 Å². The Labute approximate surface area is 108 Å². The summed E-state index contributed by atoms with van der Waals surface area (Å²) in [6.07, 6.45) is 2.01. The molecule has 1 N–H and O–H groups in total. The van der Waals surface area contributed by atoms with E-state index in [0.717, 1.165) is 17.5 Å². The van der Waals surface area contributed by atoms with E-state index in [1.54, 1.807) is 6.92 Å². The Morgan fingerprint density at radius 3 is 2.83 bits per heavy atom. The maximum atomic E-state index is 12.0. The van der Waals surface area contributed by atoms with Gasteiger partial charge in [0.05, 0.1) is 12.5 Å². The van der Waals surface area contributed by atoms with Crippen LogP contribution in [0.5, 0.6) is 0 Å². The van der Waals surface area contributed by atoms with Crippen molar-refractivity contribution in [3.63, 3.8) is 0 Å². The number of aryl methyl sites for hydroxylation is 1. The molecular weight excluding hydrogens is 228 g/mol. The molecule has 0 bridgehead atoms. The molecule has 0 aromatic heterocycles. The minimum absolute atomic E-state index is 0.292. The first-order chi connectivity index (χ1) is 8.63. The largest absolute Gasteiger partial charge is 0.466 e. The van der Waals surface area contributed by atoms with Crippen LogP contribution >= 0.6 is 0 Å².